The third-order valence-electron chi connectivity index (χ3n) is 3.77. The van der Waals surface area contributed by atoms with Crippen LogP contribution in [0.25, 0.3) is 0 Å². The molecule has 0 radical (unpaired) electrons. The van der Waals surface area contributed by atoms with Crippen molar-refractivity contribution in [1.82, 2.24) is 5.32 Å². The second kappa shape index (κ2) is 10.7. The minimum atomic E-state index is 0.651. The molecule has 1 saturated carbocycles. The van der Waals surface area contributed by atoms with Gasteiger partial charge in [-0.15, -0.1) is 0 Å². The highest BCUT2D eigenvalue weighted by atomic mass is 16.5. The topological polar surface area (TPSA) is 56.5 Å². The Labute approximate surface area is 112 Å². The molecule has 0 saturated heterocycles. The van der Waals surface area contributed by atoms with Gasteiger partial charge in [0.25, 0.3) is 0 Å². The second-order valence-electron chi connectivity index (χ2n) is 5.15. The van der Waals surface area contributed by atoms with Gasteiger partial charge in [-0.25, -0.2) is 0 Å². The smallest absolute Gasteiger partial charge is 0.0700 e. The first-order valence-electron chi connectivity index (χ1n) is 7.38. The molecule has 0 amide bonds. The van der Waals surface area contributed by atoms with E-state index in [1.54, 1.807) is 7.11 Å². The summed E-state index contributed by atoms with van der Waals surface area (Å²) in [5.41, 5.74) is 5.82. The van der Waals surface area contributed by atoms with Crippen LogP contribution in [-0.2, 0) is 9.47 Å². The molecule has 0 aromatic rings. The highest BCUT2D eigenvalue weighted by Crippen LogP contribution is 2.23. The Bertz CT molecular complexity index is 191. The van der Waals surface area contributed by atoms with E-state index in [0.29, 0.717) is 25.2 Å². The van der Waals surface area contributed by atoms with Crippen LogP contribution in [0, 0.1) is 5.92 Å². The molecule has 1 aliphatic carbocycles. The van der Waals surface area contributed by atoms with Gasteiger partial charge in [-0.3, -0.25) is 0 Å². The standard InChI is InChI=1S/C14H30N2O2/c1-17-10-11-18-9-5-4-8-16-14-7-3-2-6-13(14)12-15/h13-14,16H,2-12,15H2,1H3. The van der Waals surface area contributed by atoms with E-state index in [0.717, 1.165) is 26.1 Å². The first-order chi connectivity index (χ1) is 8.88. The van der Waals surface area contributed by atoms with E-state index in [9.17, 15) is 0 Å². The number of unbranched alkanes of at least 4 members (excludes halogenated alkanes) is 1. The molecular formula is C14H30N2O2. The zero-order valence-electron chi connectivity index (χ0n) is 11.8. The molecule has 0 heterocycles. The average Bonchev–Trinajstić information content (AvgIpc) is 2.42. The number of methoxy groups -OCH3 is 1. The molecule has 2 atom stereocenters. The van der Waals surface area contributed by atoms with Crippen LogP contribution in [0.1, 0.15) is 38.5 Å². The maximum absolute atomic E-state index is 5.82. The number of hydrogen-bond acceptors (Lipinski definition) is 4. The molecule has 1 aliphatic rings. The van der Waals surface area contributed by atoms with Crippen LogP contribution in [0.15, 0.2) is 0 Å². The summed E-state index contributed by atoms with van der Waals surface area (Å²) in [6.45, 7) is 4.17. The van der Waals surface area contributed by atoms with Crippen LogP contribution in [0.2, 0.25) is 0 Å². The van der Waals surface area contributed by atoms with Gasteiger partial charge in [0.1, 0.15) is 0 Å². The van der Waals surface area contributed by atoms with Crippen LogP contribution in [0.5, 0.6) is 0 Å². The van der Waals surface area contributed by atoms with Crippen LogP contribution >= 0.6 is 0 Å². The molecule has 0 bridgehead atoms. The van der Waals surface area contributed by atoms with Crippen molar-refractivity contribution in [3.8, 4) is 0 Å². The lowest BCUT2D eigenvalue weighted by Crippen LogP contribution is -2.42. The van der Waals surface area contributed by atoms with Crippen LogP contribution in [-0.4, -0.2) is 46.1 Å². The van der Waals surface area contributed by atoms with Gasteiger partial charge in [0.15, 0.2) is 0 Å². The average molecular weight is 258 g/mol. The molecule has 1 rings (SSSR count). The van der Waals surface area contributed by atoms with Crippen molar-refractivity contribution < 1.29 is 9.47 Å². The molecule has 4 heteroatoms. The molecule has 1 fully saturated rings. The summed E-state index contributed by atoms with van der Waals surface area (Å²) >= 11 is 0. The zero-order chi connectivity index (χ0) is 13.1. The summed E-state index contributed by atoms with van der Waals surface area (Å²) in [6, 6.07) is 0.651. The van der Waals surface area contributed by atoms with Crippen molar-refractivity contribution in [1.29, 1.82) is 0 Å². The molecule has 2 unspecified atom stereocenters. The maximum atomic E-state index is 5.82. The Balaban J connectivity index is 1.93. The Hall–Kier alpha value is -0.160. The van der Waals surface area contributed by atoms with Gasteiger partial charge >= 0.3 is 0 Å². The van der Waals surface area contributed by atoms with Crippen molar-refractivity contribution in [3.63, 3.8) is 0 Å². The third kappa shape index (κ3) is 6.69. The zero-order valence-corrected chi connectivity index (χ0v) is 11.8. The van der Waals surface area contributed by atoms with E-state index < -0.39 is 0 Å². The fourth-order valence-electron chi connectivity index (χ4n) is 2.62. The quantitative estimate of drug-likeness (QED) is 0.584. The molecule has 3 N–H and O–H groups in total. The summed E-state index contributed by atoms with van der Waals surface area (Å²) in [5, 5.41) is 3.66. The number of hydrogen-bond donors (Lipinski definition) is 2. The third-order valence-corrected chi connectivity index (χ3v) is 3.77. The number of nitrogens with two attached hydrogens (primary N) is 1. The van der Waals surface area contributed by atoms with Gasteiger partial charge in [0, 0.05) is 19.8 Å². The van der Waals surface area contributed by atoms with Gasteiger partial charge in [0.05, 0.1) is 13.2 Å². The first kappa shape index (κ1) is 15.9. The predicted octanol–water partition coefficient (Wildman–Crippen LogP) is 1.54. The van der Waals surface area contributed by atoms with Crippen molar-refractivity contribution >= 4 is 0 Å². The fraction of sp³-hybridized carbons (Fsp3) is 1.00. The van der Waals surface area contributed by atoms with Gasteiger partial charge in [-0.1, -0.05) is 12.8 Å². The minimum Gasteiger partial charge on any atom is -0.382 e. The molecule has 0 aromatic carbocycles. The van der Waals surface area contributed by atoms with Gasteiger partial charge < -0.3 is 20.5 Å². The summed E-state index contributed by atoms with van der Waals surface area (Å²) < 4.78 is 10.4. The molecule has 0 aliphatic heterocycles. The van der Waals surface area contributed by atoms with E-state index in [1.807, 2.05) is 0 Å². The fourth-order valence-corrected chi connectivity index (χ4v) is 2.62. The van der Waals surface area contributed by atoms with Crippen molar-refractivity contribution in [2.45, 2.75) is 44.6 Å². The van der Waals surface area contributed by atoms with Gasteiger partial charge in [0.2, 0.25) is 0 Å². The maximum Gasteiger partial charge on any atom is 0.0700 e. The molecule has 0 aromatic heterocycles. The van der Waals surface area contributed by atoms with Crippen LogP contribution in [0.3, 0.4) is 0 Å². The van der Waals surface area contributed by atoms with E-state index in [2.05, 4.69) is 5.32 Å². The highest BCUT2D eigenvalue weighted by Gasteiger charge is 2.22. The molecule has 18 heavy (non-hydrogen) atoms. The van der Waals surface area contributed by atoms with Crippen LogP contribution < -0.4 is 11.1 Å². The lowest BCUT2D eigenvalue weighted by Gasteiger charge is -2.31. The largest absolute Gasteiger partial charge is 0.382 e. The first-order valence-corrected chi connectivity index (χ1v) is 7.38. The SMILES string of the molecule is COCCOCCCCNC1CCCCC1CN. The highest BCUT2D eigenvalue weighted by molar-refractivity contribution is 4.81. The van der Waals surface area contributed by atoms with E-state index in [1.165, 1.54) is 32.1 Å². The van der Waals surface area contributed by atoms with Crippen LogP contribution in [0.4, 0.5) is 0 Å². The summed E-state index contributed by atoms with van der Waals surface area (Å²) in [4.78, 5) is 0. The Morgan fingerprint density at radius 2 is 1.94 bits per heavy atom. The summed E-state index contributed by atoms with van der Waals surface area (Å²) in [5.74, 6) is 0.691. The number of ether oxygens (including phenoxy) is 2. The second-order valence-corrected chi connectivity index (χ2v) is 5.15. The molecule has 4 nitrogen and oxygen atoms in total. The Kier molecular flexibility index (Phi) is 9.48. The Morgan fingerprint density at radius 1 is 1.11 bits per heavy atom. The monoisotopic (exact) mass is 258 g/mol. The lowest BCUT2D eigenvalue weighted by molar-refractivity contribution is 0.0686. The van der Waals surface area contributed by atoms with E-state index >= 15 is 0 Å². The normalized spacial score (nSPS) is 24.3. The molecule has 0 spiro atoms. The van der Waals surface area contributed by atoms with Crippen molar-refractivity contribution in [2.24, 2.45) is 11.7 Å². The Morgan fingerprint density at radius 3 is 2.72 bits per heavy atom. The number of nitrogens with one attached hydrogen (secondary N) is 1. The summed E-state index contributed by atoms with van der Waals surface area (Å²) in [7, 11) is 1.70. The summed E-state index contributed by atoms with van der Waals surface area (Å²) in [6.07, 6.45) is 7.61. The minimum absolute atomic E-state index is 0.651. The number of rotatable bonds is 10. The molecular weight excluding hydrogens is 228 g/mol. The van der Waals surface area contributed by atoms with Crippen molar-refractivity contribution in [3.05, 3.63) is 0 Å². The van der Waals surface area contributed by atoms with Crippen molar-refractivity contribution in [2.75, 3.05) is 40.0 Å². The predicted molar refractivity (Wildman–Crippen MR) is 74.7 cm³/mol. The van der Waals surface area contributed by atoms with E-state index in [4.69, 9.17) is 15.2 Å². The van der Waals surface area contributed by atoms with Gasteiger partial charge in [-0.05, 0) is 44.7 Å². The van der Waals surface area contributed by atoms with Gasteiger partial charge in [-0.2, -0.15) is 0 Å². The van der Waals surface area contributed by atoms with E-state index in [-0.39, 0.29) is 0 Å². The molecule has 108 valence electrons. The lowest BCUT2D eigenvalue weighted by atomic mass is 9.84.